The SMILES string of the molecule is CCCc1ccc(C2CCC(CCCCC3CCC(CC/C=C/C#N)CC3)CC2)cc1. The molecule has 1 heteroatoms. The summed E-state index contributed by atoms with van der Waals surface area (Å²) in [5.74, 6) is 3.72. The van der Waals surface area contributed by atoms with Gasteiger partial charge in [-0.1, -0.05) is 95.1 Å². The Morgan fingerprint density at radius 3 is 1.90 bits per heavy atom. The van der Waals surface area contributed by atoms with E-state index in [4.69, 9.17) is 5.26 Å². The average molecular weight is 420 g/mol. The van der Waals surface area contributed by atoms with E-state index in [-0.39, 0.29) is 0 Å². The third-order valence-corrected chi connectivity index (χ3v) is 8.21. The molecular weight excluding hydrogens is 374 g/mol. The zero-order valence-electron chi connectivity index (χ0n) is 20.0. The first-order valence-corrected chi connectivity index (χ1v) is 13.4. The van der Waals surface area contributed by atoms with E-state index in [0.717, 1.165) is 30.1 Å². The lowest BCUT2D eigenvalue weighted by molar-refractivity contribution is 0.244. The molecule has 31 heavy (non-hydrogen) atoms. The van der Waals surface area contributed by atoms with Gasteiger partial charge in [-0.25, -0.2) is 0 Å². The summed E-state index contributed by atoms with van der Waals surface area (Å²) >= 11 is 0. The monoisotopic (exact) mass is 419 g/mol. The first-order chi connectivity index (χ1) is 15.3. The standard InChI is InChI=1S/C30H45N/c1-2-8-25-16-20-29(21-17-25)30-22-18-28(19-23-30)11-6-5-10-27-14-12-26(13-15-27)9-4-3-7-24-31/h3,7,16-17,20-21,26-28,30H,2,4-6,8-15,18-19,22-23H2,1H3/b7-3+. The van der Waals surface area contributed by atoms with Crippen LogP contribution in [0.2, 0.25) is 0 Å². The highest BCUT2D eigenvalue weighted by Gasteiger charge is 2.23. The van der Waals surface area contributed by atoms with Crippen molar-refractivity contribution in [1.82, 2.24) is 0 Å². The number of benzene rings is 1. The normalized spacial score (nSPS) is 26.7. The summed E-state index contributed by atoms with van der Waals surface area (Å²) in [6.45, 7) is 2.26. The second-order valence-electron chi connectivity index (χ2n) is 10.5. The summed E-state index contributed by atoms with van der Waals surface area (Å²) in [7, 11) is 0. The molecule has 0 bridgehead atoms. The average Bonchev–Trinajstić information content (AvgIpc) is 2.82. The van der Waals surface area contributed by atoms with Crippen molar-refractivity contribution in [1.29, 1.82) is 5.26 Å². The molecule has 1 nitrogen and oxygen atoms in total. The van der Waals surface area contributed by atoms with E-state index >= 15 is 0 Å². The Morgan fingerprint density at radius 2 is 1.35 bits per heavy atom. The number of nitriles is 1. The topological polar surface area (TPSA) is 23.8 Å². The summed E-state index contributed by atoms with van der Waals surface area (Å²) in [6.07, 6.45) is 25.9. The second kappa shape index (κ2) is 13.8. The summed E-state index contributed by atoms with van der Waals surface area (Å²) in [5, 5.41) is 8.57. The van der Waals surface area contributed by atoms with Gasteiger partial charge in [0.05, 0.1) is 6.07 Å². The smallest absolute Gasteiger partial charge is 0.0908 e. The fraction of sp³-hybridized carbons (Fsp3) is 0.700. The molecule has 0 spiro atoms. The number of hydrogen-bond donors (Lipinski definition) is 0. The van der Waals surface area contributed by atoms with E-state index in [1.165, 1.54) is 102 Å². The van der Waals surface area contributed by atoms with Gasteiger partial charge in [0.25, 0.3) is 0 Å². The van der Waals surface area contributed by atoms with Crippen LogP contribution in [0.15, 0.2) is 36.4 Å². The lowest BCUT2D eigenvalue weighted by Crippen LogP contribution is -2.15. The first kappa shape index (κ1) is 24.1. The first-order valence-electron chi connectivity index (χ1n) is 13.4. The van der Waals surface area contributed by atoms with Crippen molar-refractivity contribution >= 4 is 0 Å². The maximum Gasteiger partial charge on any atom is 0.0908 e. The Bertz CT molecular complexity index is 663. The van der Waals surface area contributed by atoms with Gasteiger partial charge in [-0.2, -0.15) is 5.26 Å². The predicted molar refractivity (Wildman–Crippen MR) is 133 cm³/mol. The van der Waals surface area contributed by atoms with Crippen LogP contribution >= 0.6 is 0 Å². The lowest BCUT2D eigenvalue weighted by atomic mass is 9.76. The molecule has 0 radical (unpaired) electrons. The summed E-state index contributed by atoms with van der Waals surface area (Å²) < 4.78 is 0. The molecule has 0 unspecified atom stereocenters. The van der Waals surface area contributed by atoms with Gasteiger partial charge in [-0.15, -0.1) is 0 Å². The molecule has 170 valence electrons. The van der Waals surface area contributed by atoms with E-state index in [2.05, 4.69) is 37.3 Å². The third kappa shape index (κ3) is 8.48. The minimum atomic E-state index is 0.817. The molecule has 0 saturated heterocycles. The summed E-state index contributed by atoms with van der Waals surface area (Å²) in [5.41, 5.74) is 3.09. The Labute approximate surface area is 192 Å². The van der Waals surface area contributed by atoms with Crippen molar-refractivity contribution in [2.45, 2.75) is 116 Å². The highest BCUT2D eigenvalue weighted by molar-refractivity contribution is 5.25. The van der Waals surface area contributed by atoms with Crippen molar-refractivity contribution < 1.29 is 0 Å². The van der Waals surface area contributed by atoms with Crippen LogP contribution in [0.5, 0.6) is 0 Å². The van der Waals surface area contributed by atoms with E-state index in [1.54, 1.807) is 11.6 Å². The quantitative estimate of drug-likeness (QED) is 0.259. The zero-order chi connectivity index (χ0) is 21.7. The molecule has 0 aromatic heterocycles. The molecule has 1 aromatic carbocycles. The molecule has 2 aliphatic carbocycles. The van der Waals surface area contributed by atoms with E-state index in [9.17, 15) is 0 Å². The van der Waals surface area contributed by atoms with Crippen molar-refractivity contribution in [2.24, 2.45) is 17.8 Å². The van der Waals surface area contributed by atoms with Crippen molar-refractivity contribution in [3.8, 4) is 6.07 Å². The maximum absolute atomic E-state index is 8.57. The number of hydrogen-bond acceptors (Lipinski definition) is 1. The van der Waals surface area contributed by atoms with E-state index in [1.807, 2.05) is 6.08 Å². The number of rotatable bonds is 11. The Hall–Kier alpha value is -1.55. The van der Waals surface area contributed by atoms with Crippen LogP contribution in [0.1, 0.15) is 120 Å². The molecule has 2 aliphatic rings. The van der Waals surface area contributed by atoms with E-state index in [0.29, 0.717) is 0 Å². The van der Waals surface area contributed by atoms with Gasteiger partial charge in [0.15, 0.2) is 0 Å². The minimum Gasteiger partial charge on any atom is -0.193 e. The fourth-order valence-electron chi connectivity index (χ4n) is 6.17. The molecule has 1 aromatic rings. The molecular formula is C30H45N. The van der Waals surface area contributed by atoms with Crippen LogP contribution in [0.4, 0.5) is 0 Å². The number of allylic oxidation sites excluding steroid dienone is 2. The van der Waals surface area contributed by atoms with Crippen LogP contribution < -0.4 is 0 Å². The molecule has 2 saturated carbocycles. The van der Waals surface area contributed by atoms with Gasteiger partial charge in [-0.3, -0.25) is 0 Å². The van der Waals surface area contributed by atoms with Gasteiger partial charge in [-0.05, 0) is 79.7 Å². The van der Waals surface area contributed by atoms with Crippen molar-refractivity contribution in [3.63, 3.8) is 0 Å². The minimum absolute atomic E-state index is 0.817. The van der Waals surface area contributed by atoms with Crippen molar-refractivity contribution in [2.75, 3.05) is 0 Å². The number of aryl methyl sites for hydroxylation is 1. The van der Waals surface area contributed by atoms with Crippen LogP contribution in [-0.4, -0.2) is 0 Å². The molecule has 0 amide bonds. The molecule has 0 N–H and O–H groups in total. The highest BCUT2D eigenvalue weighted by Crippen LogP contribution is 2.38. The lowest BCUT2D eigenvalue weighted by Gasteiger charge is -2.30. The van der Waals surface area contributed by atoms with Gasteiger partial charge < -0.3 is 0 Å². The molecule has 0 atom stereocenters. The van der Waals surface area contributed by atoms with Crippen LogP contribution in [0.3, 0.4) is 0 Å². The van der Waals surface area contributed by atoms with Crippen LogP contribution in [0.25, 0.3) is 0 Å². The third-order valence-electron chi connectivity index (χ3n) is 8.21. The predicted octanol–water partition coefficient (Wildman–Crippen LogP) is 9.14. The Balaban J connectivity index is 1.23. The largest absolute Gasteiger partial charge is 0.193 e. The van der Waals surface area contributed by atoms with Gasteiger partial charge in [0.1, 0.15) is 0 Å². The van der Waals surface area contributed by atoms with Crippen LogP contribution in [0, 0.1) is 29.1 Å². The number of unbranched alkanes of at least 4 members (excludes halogenated alkanes) is 1. The molecule has 3 rings (SSSR count). The molecule has 2 fully saturated rings. The fourth-order valence-corrected chi connectivity index (χ4v) is 6.17. The highest BCUT2D eigenvalue weighted by atomic mass is 14.3. The molecule has 0 aliphatic heterocycles. The maximum atomic E-state index is 8.57. The van der Waals surface area contributed by atoms with E-state index < -0.39 is 0 Å². The summed E-state index contributed by atoms with van der Waals surface area (Å²) in [6, 6.07) is 11.7. The zero-order valence-corrected chi connectivity index (χ0v) is 20.0. The molecule has 0 heterocycles. The number of nitrogens with zero attached hydrogens (tertiary/aromatic N) is 1. The Morgan fingerprint density at radius 1 is 0.806 bits per heavy atom. The van der Waals surface area contributed by atoms with Crippen molar-refractivity contribution in [3.05, 3.63) is 47.5 Å². The van der Waals surface area contributed by atoms with Gasteiger partial charge in [0, 0.05) is 6.08 Å². The summed E-state index contributed by atoms with van der Waals surface area (Å²) in [4.78, 5) is 0. The second-order valence-corrected chi connectivity index (χ2v) is 10.5. The van der Waals surface area contributed by atoms with Gasteiger partial charge in [0.2, 0.25) is 0 Å². The van der Waals surface area contributed by atoms with Gasteiger partial charge >= 0.3 is 0 Å². The van der Waals surface area contributed by atoms with Crippen LogP contribution in [-0.2, 0) is 6.42 Å². The Kier molecular flexibility index (Phi) is 10.7.